The van der Waals surface area contributed by atoms with Crippen molar-refractivity contribution in [2.45, 2.75) is 58.0 Å². The molecule has 23 heavy (non-hydrogen) atoms. The number of rotatable bonds is 3. The van der Waals surface area contributed by atoms with Gasteiger partial charge < -0.3 is 9.31 Å². The Kier molecular flexibility index (Phi) is 4.28. The Morgan fingerprint density at radius 3 is 2.39 bits per heavy atom. The van der Waals surface area contributed by atoms with Crippen LogP contribution >= 0.6 is 0 Å². The first-order chi connectivity index (χ1) is 10.7. The van der Waals surface area contributed by atoms with Crippen LogP contribution in [-0.2, 0) is 15.9 Å². The second-order valence-corrected chi connectivity index (χ2v) is 7.56. The molecule has 0 saturated carbocycles. The molecule has 3 nitrogen and oxygen atoms in total. The van der Waals surface area contributed by atoms with Crippen LogP contribution in [0.4, 0.5) is 8.78 Å². The van der Waals surface area contributed by atoms with Crippen LogP contribution in [0.3, 0.4) is 0 Å². The Hall–Kier alpha value is -0.975. The highest BCUT2D eigenvalue weighted by molar-refractivity contribution is 6.62. The SMILES string of the molecule is CC1(C)OB(c2ccc(CN3CC[C@H](F)C3)c(F)c2)OC1(C)C. The quantitative estimate of drug-likeness (QED) is 0.799. The van der Waals surface area contributed by atoms with E-state index in [0.29, 0.717) is 37.1 Å². The third-order valence-corrected chi connectivity index (χ3v) is 5.21. The van der Waals surface area contributed by atoms with Crippen LogP contribution in [0.25, 0.3) is 0 Å². The van der Waals surface area contributed by atoms with Crippen molar-refractivity contribution < 1.29 is 18.1 Å². The van der Waals surface area contributed by atoms with Gasteiger partial charge in [0.15, 0.2) is 0 Å². The zero-order chi connectivity index (χ0) is 16.8. The van der Waals surface area contributed by atoms with E-state index in [1.54, 1.807) is 6.07 Å². The summed E-state index contributed by atoms with van der Waals surface area (Å²) in [5.41, 5.74) is 0.367. The van der Waals surface area contributed by atoms with Crippen molar-refractivity contribution in [1.29, 1.82) is 0 Å². The molecule has 0 amide bonds. The first-order valence-electron chi connectivity index (χ1n) is 8.18. The third kappa shape index (κ3) is 3.30. The van der Waals surface area contributed by atoms with Gasteiger partial charge in [-0.25, -0.2) is 8.78 Å². The molecule has 6 heteroatoms. The molecule has 1 atom stereocenters. The predicted octanol–water partition coefficient (Wildman–Crippen LogP) is 2.67. The summed E-state index contributed by atoms with van der Waals surface area (Å²) < 4.78 is 39.5. The molecule has 0 spiro atoms. The first-order valence-corrected chi connectivity index (χ1v) is 8.18. The van der Waals surface area contributed by atoms with Crippen molar-refractivity contribution in [3.8, 4) is 0 Å². The van der Waals surface area contributed by atoms with Crippen LogP contribution in [0, 0.1) is 5.82 Å². The van der Waals surface area contributed by atoms with Gasteiger partial charge >= 0.3 is 7.12 Å². The number of benzene rings is 1. The van der Waals surface area contributed by atoms with E-state index < -0.39 is 24.5 Å². The Morgan fingerprint density at radius 1 is 1.22 bits per heavy atom. The smallest absolute Gasteiger partial charge is 0.399 e. The van der Waals surface area contributed by atoms with E-state index in [2.05, 4.69) is 0 Å². The molecule has 0 unspecified atom stereocenters. The maximum Gasteiger partial charge on any atom is 0.494 e. The van der Waals surface area contributed by atoms with Crippen molar-refractivity contribution in [2.75, 3.05) is 13.1 Å². The molecular weight excluding hydrogens is 299 g/mol. The van der Waals surface area contributed by atoms with Gasteiger partial charge in [0.2, 0.25) is 0 Å². The molecule has 126 valence electrons. The van der Waals surface area contributed by atoms with Crippen LogP contribution in [0.15, 0.2) is 18.2 Å². The fraction of sp³-hybridized carbons (Fsp3) is 0.647. The minimum Gasteiger partial charge on any atom is -0.399 e. The number of halogens is 2. The van der Waals surface area contributed by atoms with Gasteiger partial charge in [-0.15, -0.1) is 0 Å². The second kappa shape index (κ2) is 5.83. The molecule has 3 rings (SSSR count). The monoisotopic (exact) mass is 323 g/mol. The van der Waals surface area contributed by atoms with Crippen LogP contribution in [-0.4, -0.2) is 42.5 Å². The Bertz CT molecular complexity index is 578. The average molecular weight is 323 g/mol. The summed E-state index contributed by atoms with van der Waals surface area (Å²) in [6.45, 7) is 9.39. The minimum atomic E-state index is -0.790. The summed E-state index contributed by atoms with van der Waals surface area (Å²) >= 11 is 0. The van der Waals surface area contributed by atoms with Gasteiger partial charge in [0.05, 0.1) is 11.2 Å². The van der Waals surface area contributed by atoms with Gasteiger partial charge in [-0.2, -0.15) is 0 Å². The summed E-state index contributed by atoms with van der Waals surface area (Å²) in [6.07, 6.45) is -0.254. The Morgan fingerprint density at radius 2 is 1.87 bits per heavy atom. The highest BCUT2D eigenvalue weighted by Crippen LogP contribution is 2.36. The molecule has 1 aromatic carbocycles. The van der Waals surface area contributed by atoms with Crippen LogP contribution in [0.1, 0.15) is 39.7 Å². The molecule has 0 aromatic heterocycles. The van der Waals surface area contributed by atoms with E-state index in [-0.39, 0.29) is 5.82 Å². The number of likely N-dealkylation sites (tertiary alicyclic amines) is 1. The van der Waals surface area contributed by atoms with Crippen LogP contribution in [0.5, 0.6) is 0 Å². The van der Waals surface area contributed by atoms with Gasteiger partial charge in [0, 0.05) is 25.2 Å². The van der Waals surface area contributed by atoms with Gasteiger partial charge in [0.1, 0.15) is 12.0 Å². The Labute approximate surface area is 137 Å². The zero-order valence-electron chi connectivity index (χ0n) is 14.2. The number of hydrogen-bond donors (Lipinski definition) is 0. The molecule has 2 aliphatic heterocycles. The molecule has 2 fully saturated rings. The molecule has 2 saturated heterocycles. The second-order valence-electron chi connectivity index (χ2n) is 7.56. The van der Waals surface area contributed by atoms with Crippen molar-refractivity contribution in [2.24, 2.45) is 0 Å². The lowest BCUT2D eigenvalue weighted by atomic mass is 9.78. The van der Waals surface area contributed by atoms with Crippen molar-refractivity contribution in [3.63, 3.8) is 0 Å². The standard InChI is InChI=1S/C17H24BF2NO2/c1-16(2)17(3,4)23-18(22-16)13-6-5-12(15(20)9-13)10-21-8-7-14(19)11-21/h5-6,9,14H,7-8,10-11H2,1-4H3/t14-/m0/s1. The van der Waals surface area contributed by atoms with Crippen molar-refractivity contribution in [1.82, 2.24) is 4.90 Å². The summed E-state index contributed by atoms with van der Waals surface area (Å²) in [5.74, 6) is -0.292. The number of nitrogens with zero attached hydrogens (tertiary/aromatic N) is 1. The van der Waals surface area contributed by atoms with Gasteiger partial charge in [-0.3, -0.25) is 4.90 Å². The molecular formula is C17H24BF2NO2. The number of alkyl halides is 1. The molecule has 0 radical (unpaired) electrons. The fourth-order valence-electron chi connectivity index (χ4n) is 2.99. The van der Waals surface area contributed by atoms with Crippen LogP contribution in [0.2, 0.25) is 0 Å². The van der Waals surface area contributed by atoms with Crippen molar-refractivity contribution >= 4 is 12.6 Å². The fourth-order valence-corrected chi connectivity index (χ4v) is 2.99. The summed E-state index contributed by atoms with van der Waals surface area (Å²) in [4.78, 5) is 1.94. The van der Waals surface area contributed by atoms with E-state index in [0.717, 1.165) is 0 Å². The van der Waals surface area contributed by atoms with Gasteiger partial charge in [-0.1, -0.05) is 12.1 Å². The largest absolute Gasteiger partial charge is 0.494 e. The van der Waals surface area contributed by atoms with E-state index in [1.807, 2.05) is 38.7 Å². The maximum absolute atomic E-state index is 14.4. The molecule has 2 aliphatic rings. The normalized spacial score (nSPS) is 26.9. The lowest BCUT2D eigenvalue weighted by Crippen LogP contribution is -2.41. The molecule has 0 bridgehead atoms. The predicted molar refractivity (Wildman–Crippen MR) is 86.9 cm³/mol. The first kappa shape index (κ1) is 16.9. The van der Waals surface area contributed by atoms with E-state index in [4.69, 9.17) is 9.31 Å². The zero-order valence-corrected chi connectivity index (χ0v) is 14.2. The van der Waals surface area contributed by atoms with Crippen LogP contribution < -0.4 is 5.46 Å². The molecule has 1 aromatic rings. The van der Waals surface area contributed by atoms with Gasteiger partial charge in [0.25, 0.3) is 0 Å². The minimum absolute atomic E-state index is 0.292. The number of hydrogen-bond acceptors (Lipinski definition) is 3. The van der Waals surface area contributed by atoms with E-state index >= 15 is 0 Å². The average Bonchev–Trinajstić information content (AvgIpc) is 2.93. The highest BCUT2D eigenvalue weighted by atomic mass is 19.1. The summed E-state index contributed by atoms with van der Waals surface area (Å²) in [6, 6.07) is 5.06. The lowest BCUT2D eigenvalue weighted by molar-refractivity contribution is 0.00578. The highest BCUT2D eigenvalue weighted by Gasteiger charge is 2.51. The lowest BCUT2D eigenvalue weighted by Gasteiger charge is -2.32. The molecule has 0 aliphatic carbocycles. The third-order valence-electron chi connectivity index (χ3n) is 5.21. The van der Waals surface area contributed by atoms with E-state index in [1.165, 1.54) is 6.07 Å². The Balaban J connectivity index is 1.73. The van der Waals surface area contributed by atoms with Gasteiger partial charge in [-0.05, 0) is 45.6 Å². The van der Waals surface area contributed by atoms with E-state index in [9.17, 15) is 8.78 Å². The molecule has 0 N–H and O–H groups in total. The maximum atomic E-state index is 14.4. The summed E-state index contributed by atoms with van der Waals surface area (Å²) in [5, 5.41) is 0. The van der Waals surface area contributed by atoms with Crippen molar-refractivity contribution in [3.05, 3.63) is 29.6 Å². The summed E-state index contributed by atoms with van der Waals surface area (Å²) in [7, 11) is -0.564. The topological polar surface area (TPSA) is 21.7 Å². The molecule has 2 heterocycles.